The molecule has 0 spiro atoms. The van der Waals surface area contributed by atoms with Gasteiger partial charge in [-0.3, -0.25) is 14.5 Å². The van der Waals surface area contributed by atoms with E-state index in [0.717, 1.165) is 24.8 Å². The number of nitrogens with one attached hydrogen (secondary N) is 2. The zero-order chi connectivity index (χ0) is 21.9. The molecule has 0 bridgehead atoms. The predicted molar refractivity (Wildman–Crippen MR) is 116 cm³/mol. The van der Waals surface area contributed by atoms with Crippen molar-refractivity contribution in [2.75, 3.05) is 36.5 Å². The molecule has 2 aliphatic rings. The van der Waals surface area contributed by atoms with E-state index in [4.69, 9.17) is 0 Å². The summed E-state index contributed by atoms with van der Waals surface area (Å²) in [5.74, 6) is 0.100. The molecule has 0 unspecified atom stereocenters. The molecule has 1 aliphatic carbocycles. The Bertz CT molecular complexity index is 964. The van der Waals surface area contributed by atoms with Crippen LogP contribution in [-0.4, -0.2) is 62.3 Å². The second-order valence-electron chi connectivity index (χ2n) is 8.19. The molecule has 8 nitrogen and oxygen atoms in total. The Balaban J connectivity index is 1.56. The van der Waals surface area contributed by atoms with Gasteiger partial charge < -0.3 is 10.6 Å². The highest BCUT2D eigenvalue weighted by atomic mass is 32.2. The molecule has 2 amide bonds. The molecule has 164 valence electrons. The first kappa shape index (κ1) is 22.7. The monoisotopic (exact) mass is 452 g/mol. The molecule has 30 heavy (non-hydrogen) atoms. The number of amides is 2. The minimum absolute atomic E-state index is 0.0179. The summed E-state index contributed by atoms with van der Waals surface area (Å²) in [6, 6.07) is 1.89. The van der Waals surface area contributed by atoms with Crippen LogP contribution in [0.5, 0.6) is 0 Å². The fourth-order valence-electron chi connectivity index (χ4n) is 3.99. The number of sulfone groups is 1. The molecule has 0 aromatic carbocycles. The summed E-state index contributed by atoms with van der Waals surface area (Å²) in [4.78, 5) is 27.7. The SMILES string of the molecule is CCN(CC(=O)Nc1sc2c(c1C#N)CC[C@H](C)C2)CC(=O)N[C@H]1CCS(=O)(=O)C1. The van der Waals surface area contributed by atoms with E-state index in [2.05, 4.69) is 23.6 Å². The molecule has 2 N–H and O–H groups in total. The molecule has 1 aromatic rings. The van der Waals surface area contributed by atoms with Crippen LogP contribution in [0.3, 0.4) is 0 Å². The van der Waals surface area contributed by atoms with Gasteiger partial charge in [0.05, 0.1) is 30.2 Å². The van der Waals surface area contributed by atoms with Gasteiger partial charge in [0.1, 0.15) is 11.1 Å². The number of hydrogen-bond donors (Lipinski definition) is 2. The highest BCUT2D eigenvalue weighted by Gasteiger charge is 2.29. The van der Waals surface area contributed by atoms with E-state index in [1.165, 1.54) is 16.2 Å². The standard InChI is InChI=1S/C20H28N4O4S2/c1-3-24(10-18(25)22-14-6-7-30(27,28)12-14)11-19(26)23-20-16(9-21)15-5-4-13(2)8-17(15)29-20/h13-14H,3-8,10-12H2,1-2H3,(H,22,25)(H,23,26)/t13-,14-/m0/s1. The van der Waals surface area contributed by atoms with Crippen molar-refractivity contribution in [3.63, 3.8) is 0 Å². The lowest BCUT2D eigenvalue weighted by Crippen LogP contribution is -2.44. The van der Waals surface area contributed by atoms with Gasteiger partial charge in [0, 0.05) is 10.9 Å². The third-order valence-corrected chi connectivity index (χ3v) is 8.59. The lowest BCUT2D eigenvalue weighted by molar-refractivity contribution is -0.123. The summed E-state index contributed by atoms with van der Waals surface area (Å²) < 4.78 is 23.1. The number of likely N-dealkylation sites (N-methyl/N-ethyl adjacent to an activating group) is 1. The van der Waals surface area contributed by atoms with Crippen molar-refractivity contribution in [3.8, 4) is 6.07 Å². The van der Waals surface area contributed by atoms with Crippen LogP contribution in [0.4, 0.5) is 5.00 Å². The molecule has 1 aliphatic heterocycles. The summed E-state index contributed by atoms with van der Waals surface area (Å²) in [6.45, 7) is 4.58. The average Bonchev–Trinajstić information content (AvgIpc) is 3.18. The van der Waals surface area contributed by atoms with Crippen LogP contribution in [0.15, 0.2) is 0 Å². The maximum atomic E-state index is 12.6. The number of carbonyl (C=O) groups is 2. The molecule has 0 saturated carbocycles. The van der Waals surface area contributed by atoms with Gasteiger partial charge in [-0.05, 0) is 43.7 Å². The van der Waals surface area contributed by atoms with E-state index in [9.17, 15) is 23.3 Å². The minimum Gasteiger partial charge on any atom is -0.351 e. The predicted octanol–water partition coefficient (Wildman–Crippen LogP) is 1.31. The van der Waals surface area contributed by atoms with Crippen LogP contribution in [0.1, 0.15) is 42.7 Å². The molecule has 2 atom stereocenters. The molecule has 3 rings (SSSR count). The Hall–Kier alpha value is -1.96. The topological polar surface area (TPSA) is 119 Å². The second kappa shape index (κ2) is 9.45. The number of anilines is 1. The van der Waals surface area contributed by atoms with Crippen molar-refractivity contribution in [3.05, 3.63) is 16.0 Å². The van der Waals surface area contributed by atoms with E-state index in [-0.39, 0.29) is 42.5 Å². The fraction of sp³-hybridized carbons (Fsp3) is 0.650. The average molecular weight is 453 g/mol. The largest absolute Gasteiger partial charge is 0.351 e. The maximum absolute atomic E-state index is 12.6. The third kappa shape index (κ3) is 5.59. The lowest BCUT2D eigenvalue weighted by atomic mass is 9.89. The van der Waals surface area contributed by atoms with Crippen molar-refractivity contribution >= 4 is 38.0 Å². The van der Waals surface area contributed by atoms with Gasteiger partial charge >= 0.3 is 0 Å². The molecule has 1 fully saturated rings. The molecule has 1 saturated heterocycles. The summed E-state index contributed by atoms with van der Waals surface area (Å²) >= 11 is 1.48. The van der Waals surface area contributed by atoms with Gasteiger partial charge in [-0.25, -0.2) is 8.42 Å². The van der Waals surface area contributed by atoms with Crippen LogP contribution in [0.2, 0.25) is 0 Å². The fourth-order valence-corrected chi connectivity index (χ4v) is 7.04. The number of nitrogens with zero attached hydrogens (tertiary/aromatic N) is 2. The Morgan fingerprint density at radius 2 is 2.00 bits per heavy atom. The maximum Gasteiger partial charge on any atom is 0.239 e. The zero-order valence-electron chi connectivity index (χ0n) is 17.4. The van der Waals surface area contributed by atoms with Gasteiger partial charge in [0.25, 0.3) is 0 Å². The Kier molecular flexibility index (Phi) is 7.16. The number of fused-ring (bicyclic) bond motifs is 1. The molecule has 0 radical (unpaired) electrons. The number of carbonyl (C=O) groups excluding carboxylic acids is 2. The van der Waals surface area contributed by atoms with Crippen LogP contribution in [0.25, 0.3) is 0 Å². The molecule has 1 aromatic heterocycles. The second-order valence-corrected chi connectivity index (χ2v) is 11.5. The third-order valence-electron chi connectivity index (χ3n) is 5.66. The Labute approximate surface area is 181 Å². The van der Waals surface area contributed by atoms with Crippen LogP contribution < -0.4 is 10.6 Å². The number of nitriles is 1. The van der Waals surface area contributed by atoms with Gasteiger partial charge in [-0.2, -0.15) is 5.26 Å². The highest BCUT2D eigenvalue weighted by Crippen LogP contribution is 2.39. The van der Waals surface area contributed by atoms with Crippen molar-refractivity contribution in [1.29, 1.82) is 5.26 Å². The lowest BCUT2D eigenvalue weighted by Gasteiger charge is -2.20. The summed E-state index contributed by atoms with van der Waals surface area (Å²) in [5.41, 5.74) is 1.63. The molecule has 2 heterocycles. The Morgan fingerprint density at radius 3 is 2.63 bits per heavy atom. The van der Waals surface area contributed by atoms with E-state index >= 15 is 0 Å². The van der Waals surface area contributed by atoms with Crippen LogP contribution in [0, 0.1) is 17.2 Å². The van der Waals surface area contributed by atoms with Gasteiger partial charge in [0.15, 0.2) is 9.84 Å². The van der Waals surface area contributed by atoms with Crippen molar-refractivity contribution in [2.45, 2.75) is 45.6 Å². The van der Waals surface area contributed by atoms with Gasteiger partial charge in [-0.1, -0.05) is 13.8 Å². The zero-order valence-corrected chi connectivity index (χ0v) is 19.0. The van der Waals surface area contributed by atoms with Crippen molar-refractivity contribution in [2.24, 2.45) is 5.92 Å². The highest BCUT2D eigenvalue weighted by molar-refractivity contribution is 7.91. The van der Waals surface area contributed by atoms with Crippen LogP contribution in [-0.2, 0) is 32.3 Å². The molecule has 10 heteroatoms. The van der Waals surface area contributed by atoms with E-state index < -0.39 is 9.84 Å². The quantitative estimate of drug-likeness (QED) is 0.644. The van der Waals surface area contributed by atoms with E-state index in [1.807, 2.05) is 6.92 Å². The Morgan fingerprint density at radius 1 is 1.27 bits per heavy atom. The normalized spacial score (nSPS) is 22.3. The molecular weight excluding hydrogens is 424 g/mol. The van der Waals surface area contributed by atoms with E-state index in [1.54, 1.807) is 4.90 Å². The smallest absolute Gasteiger partial charge is 0.239 e. The summed E-state index contributed by atoms with van der Waals surface area (Å²) in [7, 11) is -3.06. The molecular formula is C20H28N4O4S2. The number of hydrogen-bond acceptors (Lipinski definition) is 7. The summed E-state index contributed by atoms with van der Waals surface area (Å²) in [5, 5.41) is 15.8. The van der Waals surface area contributed by atoms with Crippen molar-refractivity contribution < 1.29 is 18.0 Å². The first-order chi connectivity index (χ1) is 14.2. The van der Waals surface area contributed by atoms with Crippen LogP contribution >= 0.6 is 11.3 Å². The van der Waals surface area contributed by atoms with Gasteiger partial charge in [0.2, 0.25) is 11.8 Å². The first-order valence-corrected chi connectivity index (χ1v) is 12.9. The number of thiophene rings is 1. The minimum atomic E-state index is -3.06. The van der Waals surface area contributed by atoms with E-state index in [0.29, 0.717) is 29.4 Å². The first-order valence-electron chi connectivity index (χ1n) is 10.3. The van der Waals surface area contributed by atoms with Gasteiger partial charge in [-0.15, -0.1) is 11.3 Å². The van der Waals surface area contributed by atoms with Crippen molar-refractivity contribution in [1.82, 2.24) is 10.2 Å². The summed E-state index contributed by atoms with van der Waals surface area (Å²) in [6.07, 6.45) is 3.28. The number of rotatable bonds is 7.